The fraction of sp³-hybridized carbons (Fsp3) is 0.500. The molecule has 0 saturated heterocycles. The second-order valence-electron chi connectivity index (χ2n) is 8.37. The number of hydrogen-bond acceptors (Lipinski definition) is 7. The summed E-state index contributed by atoms with van der Waals surface area (Å²) in [5, 5.41) is 7.95. The Hall–Kier alpha value is -2.98. The van der Waals surface area contributed by atoms with Crippen molar-refractivity contribution in [2.75, 3.05) is 32.7 Å². The number of methoxy groups -OCH3 is 2. The van der Waals surface area contributed by atoms with E-state index in [0.29, 0.717) is 16.4 Å². The van der Waals surface area contributed by atoms with Gasteiger partial charge in [-0.25, -0.2) is 4.98 Å². The number of carbonyl (C=O) groups excluding carboxylic acids is 3. The summed E-state index contributed by atoms with van der Waals surface area (Å²) in [7, 11) is 3.10. The van der Waals surface area contributed by atoms with Crippen molar-refractivity contribution in [2.45, 2.75) is 51.6 Å². The van der Waals surface area contributed by atoms with Crippen molar-refractivity contribution in [1.82, 2.24) is 15.2 Å². The number of amides is 3. The highest BCUT2D eigenvalue weighted by Gasteiger charge is 2.33. The maximum absolute atomic E-state index is 13.5. The molecule has 2 rings (SSSR count). The van der Waals surface area contributed by atoms with Gasteiger partial charge in [-0.1, -0.05) is 19.1 Å². The molecule has 0 saturated carbocycles. The van der Waals surface area contributed by atoms with E-state index in [-0.39, 0.29) is 43.7 Å². The van der Waals surface area contributed by atoms with Crippen LogP contribution < -0.4 is 15.4 Å². The molecule has 0 fully saturated rings. The summed E-state index contributed by atoms with van der Waals surface area (Å²) >= 11 is 1.30. The molecular weight excluding hydrogens is 456 g/mol. The molecule has 1 aromatic carbocycles. The monoisotopic (exact) mass is 490 g/mol. The van der Waals surface area contributed by atoms with Gasteiger partial charge in [-0.3, -0.25) is 14.4 Å². The number of benzene rings is 1. The highest BCUT2D eigenvalue weighted by atomic mass is 32.1. The zero-order valence-electron chi connectivity index (χ0n) is 20.4. The molecule has 0 aliphatic carbocycles. The van der Waals surface area contributed by atoms with E-state index in [2.05, 4.69) is 15.6 Å². The summed E-state index contributed by atoms with van der Waals surface area (Å²) in [5.74, 6) is -0.289. The lowest BCUT2D eigenvalue weighted by Gasteiger charge is -2.34. The lowest BCUT2D eigenvalue weighted by Crippen LogP contribution is -2.51. The van der Waals surface area contributed by atoms with Crippen molar-refractivity contribution in [3.63, 3.8) is 0 Å². The lowest BCUT2D eigenvalue weighted by molar-refractivity contribution is -0.142. The first-order chi connectivity index (χ1) is 16.2. The maximum Gasteiger partial charge on any atom is 0.247 e. The molecular formula is C24H34N4O5S. The van der Waals surface area contributed by atoms with Crippen LogP contribution in [0.3, 0.4) is 0 Å². The highest BCUT2D eigenvalue weighted by molar-refractivity contribution is 7.13. The third-order valence-electron chi connectivity index (χ3n) is 5.44. The molecule has 1 atom stereocenters. The number of thiazole rings is 1. The van der Waals surface area contributed by atoms with Gasteiger partial charge in [0, 0.05) is 43.6 Å². The summed E-state index contributed by atoms with van der Waals surface area (Å²) < 4.78 is 10.4. The third kappa shape index (κ3) is 8.11. The zero-order valence-corrected chi connectivity index (χ0v) is 21.2. The van der Waals surface area contributed by atoms with Crippen LogP contribution in [0.4, 0.5) is 5.13 Å². The summed E-state index contributed by atoms with van der Waals surface area (Å²) in [4.78, 5) is 44.6. The molecule has 0 aliphatic heterocycles. The minimum Gasteiger partial charge on any atom is -0.497 e. The fourth-order valence-electron chi connectivity index (χ4n) is 3.17. The van der Waals surface area contributed by atoms with Gasteiger partial charge in [0.1, 0.15) is 11.8 Å². The third-order valence-corrected chi connectivity index (χ3v) is 6.13. The van der Waals surface area contributed by atoms with Gasteiger partial charge >= 0.3 is 0 Å². The number of hydrogen-bond donors (Lipinski definition) is 2. The quantitative estimate of drug-likeness (QED) is 0.445. The van der Waals surface area contributed by atoms with Crippen molar-refractivity contribution in [3.8, 4) is 5.75 Å². The first-order valence-electron chi connectivity index (χ1n) is 11.1. The second kappa shape index (κ2) is 13.0. The summed E-state index contributed by atoms with van der Waals surface area (Å²) in [6.45, 7) is 6.28. The molecule has 2 N–H and O–H groups in total. The summed E-state index contributed by atoms with van der Waals surface area (Å²) in [6, 6.07) is 6.15. The molecule has 0 unspecified atom stereocenters. The van der Waals surface area contributed by atoms with Crippen LogP contribution in [-0.4, -0.2) is 60.5 Å². The van der Waals surface area contributed by atoms with Crippen LogP contribution in [0, 0.1) is 0 Å². The van der Waals surface area contributed by atoms with Crippen LogP contribution in [0.15, 0.2) is 35.8 Å². The highest BCUT2D eigenvalue weighted by Crippen LogP contribution is 2.26. The van der Waals surface area contributed by atoms with Crippen LogP contribution in [0.5, 0.6) is 5.75 Å². The molecule has 1 heterocycles. The lowest BCUT2D eigenvalue weighted by atomic mass is 9.98. The smallest absolute Gasteiger partial charge is 0.247 e. The average molecular weight is 491 g/mol. The van der Waals surface area contributed by atoms with Gasteiger partial charge in [-0.2, -0.15) is 0 Å². The summed E-state index contributed by atoms with van der Waals surface area (Å²) in [6.07, 6.45) is 2.22. The van der Waals surface area contributed by atoms with Gasteiger partial charge in [0.05, 0.1) is 13.7 Å². The normalized spacial score (nSPS) is 12.0. The Morgan fingerprint density at radius 2 is 1.85 bits per heavy atom. The van der Waals surface area contributed by atoms with Crippen LogP contribution in [0.1, 0.15) is 51.6 Å². The predicted octanol–water partition coefficient (Wildman–Crippen LogP) is 3.39. The molecule has 0 spiro atoms. The largest absolute Gasteiger partial charge is 0.497 e. The Bertz CT molecular complexity index is 931. The van der Waals surface area contributed by atoms with Crippen LogP contribution >= 0.6 is 11.3 Å². The standard InChI is InChI=1S/C24H34N4O5S/c1-6-24(2,3)27-22(31)21(17-7-9-18(33-5)10-8-17)28(14-15-32-4)20(30)12-11-19(29)26-23-25-13-16-34-23/h7-10,13,16,21H,6,11-12,14-15H2,1-5H3,(H,27,31)(H,25,26,29)/t21-/m0/s1. The van der Waals surface area contributed by atoms with E-state index in [1.807, 2.05) is 20.8 Å². The van der Waals surface area contributed by atoms with Crippen molar-refractivity contribution in [3.05, 3.63) is 41.4 Å². The van der Waals surface area contributed by atoms with E-state index in [1.54, 1.807) is 43.0 Å². The van der Waals surface area contributed by atoms with Gasteiger partial charge in [0.2, 0.25) is 17.7 Å². The maximum atomic E-state index is 13.5. The van der Waals surface area contributed by atoms with Crippen molar-refractivity contribution in [1.29, 1.82) is 0 Å². The SMILES string of the molecule is CCC(C)(C)NC(=O)[C@H](c1ccc(OC)cc1)N(CCOC)C(=O)CCC(=O)Nc1nccs1. The Balaban J connectivity index is 2.27. The first kappa shape index (κ1) is 27.3. The Kier molecular flexibility index (Phi) is 10.5. The number of carbonyl (C=O) groups is 3. The molecule has 0 bridgehead atoms. The van der Waals surface area contributed by atoms with E-state index in [1.165, 1.54) is 23.3 Å². The molecule has 1 aromatic heterocycles. The molecule has 9 nitrogen and oxygen atoms in total. The number of ether oxygens (including phenoxy) is 2. The van der Waals surface area contributed by atoms with E-state index in [0.717, 1.165) is 6.42 Å². The number of nitrogens with zero attached hydrogens (tertiary/aromatic N) is 2. The van der Waals surface area contributed by atoms with Gasteiger partial charge in [0.25, 0.3) is 0 Å². The fourth-order valence-corrected chi connectivity index (χ4v) is 3.71. The van der Waals surface area contributed by atoms with E-state index < -0.39 is 11.6 Å². The number of aromatic nitrogens is 1. The van der Waals surface area contributed by atoms with Crippen molar-refractivity contribution < 1.29 is 23.9 Å². The summed E-state index contributed by atoms with van der Waals surface area (Å²) in [5.41, 5.74) is 0.188. The molecule has 2 aromatic rings. The van der Waals surface area contributed by atoms with Crippen molar-refractivity contribution >= 4 is 34.2 Å². The number of rotatable bonds is 13. The Labute approximate surface area is 204 Å². The van der Waals surface area contributed by atoms with Gasteiger partial charge in [0.15, 0.2) is 5.13 Å². The second-order valence-corrected chi connectivity index (χ2v) is 9.26. The molecule has 10 heteroatoms. The molecule has 0 radical (unpaired) electrons. The van der Waals surface area contributed by atoms with Gasteiger partial charge in [-0.05, 0) is 38.0 Å². The molecule has 186 valence electrons. The zero-order chi connectivity index (χ0) is 25.1. The van der Waals surface area contributed by atoms with E-state index in [9.17, 15) is 14.4 Å². The molecule has 34 heavy (non-hydrogen) atoms. The minimum absolute atomic E-state index is 0.0285. The molecule has 3 amide bonds. The topological polar surface area (TPSA) is 110 Å². The van der Waals surface area contributed by atoms with Crippen LogP contribution in [0.25, 0.3) is 0 Å². The Morgan fingerprint density at radius 3 is 2.41 bits per heavy atom. The first-order valence-corrected chi connectivity index (χ1v) is 12.0. The minimum atomic E-state index is -0.888. The van der Waals surface area contributed by atoms with Crippen LogP contribution in [0.2, 0.25) is 0 Å². The average Bonchev–Trinajstić information content (AvgIpc) is 3.33. The number of nitrogens with one attached hydrogen (secondary N) is 2. The van der Waals surface area contributed by atoms with E-state index >= 15 is 0 Å². The van der Waals surface area contributed by atoms with Crippen LogP contribution in [-0.2, 0) is 19.1 Å². The predicted molar refractivity (Wildman–Crippen MR) is 132 cm³/mol. The van der Waals surface area contributed by atoms with E-state index in [4.69, 9.17) is 9.47 Å². The molecule has 0 aliphatic rings. The Morgan fingerprint density at radius 1 is 1.15 bits per heavy atom. The number of anilines is 1. The van der Waals surface area contributed by atoms with Gasteiger partial charge in [-0.15, -0.1) is 11.3 Å². The van der Waals surface area contributed by atoms with Gasteiger partial charge < -0.3 is 25.0 Å². The van der Waals surface area contributed by atoms with Crippen molar-refractivity contribution in [2.24, 2.45) is 0 Å².